The first-order valence-corrected chi connectivity index (χ1v) is 6.28. The molecular formula is C15H21NO3. The van der Waals surface area contributed by atoms with E-state index in [1.807, 2.05) is 20.8 Å². The van der Waals surface area contributed by atoms with Gasteiger partial charge < -0.3 is 10.5 Å². The molecule has 0 fully saturated rings. The van der Waals surface area contributed by atoms with Crippen molar-refractivity contribution in [2.24, 2.45) is 5.73 Å². The Kier molecular flexibility index (Phi) is 4.84. The molecular weight excluding hydrogens is 242 g/mol. The Morgan fingerprint density at radius 3 is 2.16 bits per heavy atom. The Labute approximate surface area is 113 Å². The molecule has 2 N–H and O–H groups in total. The van der Waals surface area contributed by atoms with E-state index in [2.05, 4.69) is 0 Å². The van der Waals surface area contributed by atoms with Crippen LogP contribution in [0, 0.1) is 0 Å². The number of ether oxygens (including phenoxy) is 1. The number of rotatable bonds is 5. The third-order valence-corrected chi connectivity index (χ3v) is 2.60. The SMILES string of the molecule is CC(OC(C)(C)C)C(=O)Cc1ccc(C(N)=O)cc1. The topological polar surface area (TPSA) is 69.4 Å². The molecule has 4 heteroatoms. The van der Waals surface area contributed by atoms with Gasteiger partial charge in [-0.3, -0.25) is 9.59 Å². The Morgan fingerprint density at radius 1 is 1.21 bits per heavy atom. The minimum atomic E-state index is -0.470. The zero-order valence-corrected chi connectivity index (χ0v) is 11.9. The van der Waals surface area contributed by atoms with Crippen molar-refractivity contribution < 1.29 is 14.3 Å². The number of ketones is 1. The number of carbonyl (C=O) groups is 2. The fourth-order valence-corrected chi connectivity index (χ4v) is 1.73. The summed E-state index contributed by atoms with van der Waals surface area (Å²) < 4.78 is 5.61. The van der Waals surface area contributed by atoms with E-state index in [0.29, 0.717) is 5.56 Å². The standard InChI is InChI=1S/C15H21NO3/c1-10(19-15(2,3)4)13(17)9-11-5-7-12(8-6-11)14(16)18/h5-8,10H,9H2,1-4H3,(H2,16,18). The van der Waals surface area contributed by atoms with Gasteiger partial charge in [0.25, 0.3) is 0 Å². The average molecular weight is 263 g/mol. The fraction of sp³-hybridized carbons (Fsp3) is 0.467. The summed E-state index contributed by atoms with van der Waals surface area (Å²) in [5.74, 6) is -0.455. The lowest BCUT2D eigenvalue weighted by Crippen LogP contribution is -2.32. The van der Waals surface area contributed by atoms with Crippen molar-refractivity contribution in [1.82, 2.24) is 0 Å². The van der Waals surface area contributed by atoms with Crippen LogP contribution in [0.4, 0.5) is 0 Å². The largest absolute Gasteiger partial charge is 0.366 e. The van der Waals surface area contributed by atoms with E-state index in [9.17, 15) is 9.59 Å². The molecule has 0 aliphatic heterocycles. The van der Waals surface area contributed by atoms with Gasteiger partial charge in [0.2, 0.25) is 5.91 Å². The van der Waals surface area contributed by atoms with Crippen LogP contribution in [0.5, 0.6) is 0 Å². The van der Waals surface area contributed by atoms with Gasteiger partial charge in [-0.2, -0.15) is 0 Å². The molecule has 1 amide bonds. The molecule has 0 bridgehead atoms. The number of benzene rings is 1. The van der Waals surface area contributed by atoms with Gasteiger partial charge in [-0.15, -0.1) is 0 Å². The Balaban J connectivity index is 2.64. The quantitative estimate of drug-likeness (QED) is 0.884. The summed E-state index contributed by atoms with van der Waals surface area (Å²) in [6.07, 6.45) is -0.160. The predicted octanol–water partition coefficient (Wildman–Crippen LogP) is 2.10. The number of Topliss-reactive ketones (excluding diaryl/α,β-unsaturated/α-hetero) is 1. The van der Waals surface area contributed by atoms with Crippen molar-refractivity contribution in [2.75, 3.05) is 0 Å². The molecule has 1 unspecified atom stereocenters. The van der Waals surface area contributed by atoms with Crippen LogP contribution in [-0.4, -0.2) is 23.4 Å². The lowest BCUT2D eigenvalue weighted by Gasteiger charge is -2.24. The van der Waals surface area contributed by atoms with Gasteiger partial charge in [0.15, 0.2) is 5.78 Å². The Hall–Kier alpha value is -1.68. The van der Waals surface area contributed by atoms with Crippen LogP contribution in [0.15, 0.2) is 24.3 Å². The van der Waals surface area contributed by atoms with Crippen LogP contribution in [-0.2, 0) is 16.0 Å². The number of nitrogens with two attached hydrogens (primary N) is 1. The zero-order valence-electron chi connectivity index (χ0n) is 11.9. The number of amides is 1. The number of hydrogen-bond acceptors (Lipinski definition) is 3. The van der Waals surface area contributed by atoms with Crippen LogP contribution >= 0.6 is 0 Å². The molecule has 1 aromatic carbocycles. The maximum Gasteiger partial charge on any atom is 0.248 e. The highest BCUT2D eigenvalue weighted by molar-refractivity contribution is 5.93. The number of hydrogen-bond donors (Lipinski definition) is 1. The zero-order chi connectivity index (χ0) is 14.6. The third kappa shape index (κ3) is 5.22. The van der Waals surface area contributed by atoms with E-state index >= 15 is 0 Å². The van der Waals surface area contributed by atoms with E-state index in [0.717, 1.165) is 5.56 Å². The minimum Gasteiger partial charge on any atom is -0.366 e. The molecule has 1 rings (SSSR count). The summed E-state index contributed by atoms with van der Waals surface area (Å²) in [4.78, 5) is 22.9. The van der Waals surface area contributed by atoms with Gasteiger partial charge in [0, 0.05) is 12.0 Å². The van der Waals surface area contributed by atoms with Gasteiger partial charge in [-0.25, -0.2) is 0 Å². The second-order valence-electron chi connectivity index (χ2n) is 5.58. The first-order valence-electron chi connectivity index (χ1n) is 6.28. The maximum absolute atomic E-state index is 12.0. The second-order valence-corrected chi connectivity index (χ2v) is 5.58. The molecule has 1 aromatic rings. The van der Waals surface area contributed by atoms with E-state index in [-0.39, 0.29) is 17.8 Å². The molecule has 4 nitrogen and oxygen atoms in total. The van der Waals surface area contributed by atoms with Crippen molar-refractivity contribution in [2.45, 2.75) is 45.8 Å². The smallest absolute Gasteiger partial charge is 0.248 e. The number of primary amides is 1. The molecule has 0 spiro atoms. The van der Waals surface area contributed by atoms with Crippen molar-refractivity contribution in [3.8, 4) is 0 Å². The molecule has 0 heterocycles. The molecule has 1 atom stereocenters. The monoisotopic (exact) mass is 263 g/mol. The van der Waals surface area contributed by atoms with E-state index in [1.165, 1.54) is 0 Å². The summed E-state index contributed by atoms with van der Waals surface area (Å²) in [5.41, 5.74) is 6.10. The normalized spacial score (nSPS) is 13.1. The lowest BCUT2D eigenvalue weighted by molar-refractivity contribution is -0.137. The summed E-state index contributed by atoms with van der Waals surface area (Å²) in [6, 6.07) is 6.73. The molecule has 0 aliphatic carbocycles. The van der Waals surface area contributed by atoms with Crippen molar-refractivity contribution in [1.29, 1.82) is 0 Å². The molecule has 0 aromatic heterocycles. The van der Waals surface area contributed by atoms with Crippen molar-refractivity contribution in [3.05, 3.63) is 35.4 Å². The van der Waals surface area contributed by atoms with Crippen LogP contribution in [0.1, 0.15) is 43.6 Å². The Morgan fingerprint density at radius 2 is 1.74 bits per heavy atom. The first kappa shape index (κ1) is 15.4. The second kappa shape index (κ2) is 5.97. The minimum absolute atomic E-state index is 0.0155. The summed E-state index contributed by atoms with van der Waals surface area (Å²) >= 11 is 0. The van der Waals surface area contributed by atoms with Crippen LogP contribution in [0.3, 0.4) is 0 Å². The maximum atomic E-state index is 12.0. The van der Waals surface area contributed by atoms with Gasteiger partial charge >= 0.3 is 0 Å². The molecule has 0 saturated heterocycles. The average Bonchev–Trinajstić information content (AvgIpc) is 2.27. The van der Waals surface area contributed by atoms with Crippen molar-refractivity contribution >= 4 is 11.7 Å². The highest BCUT2D eigenvalue weighted by Gasteiger charge is 2.21. The fourth-order valence-electron chi connectivity index (χ4n) is 1.73. The van der Waals surface area contributed by atoms with Gasteiger partial charge in [-0.1, -0.05) is 12.1 Å². The van der Waals surface area contributed by atoms with Gasteiger partial charge in [-0.05, 0) is 45.4 Å². The molecule has 0 radical (unpaired) electrons. The predicted molar refractivity (Wildman–Crippen MR) is 74.0 cm³/mol. The van der Waals surface area contributed by atoms with Crippen LogP contribution < -0.4 is 5.73 Å². The molecule has 19 heavy (non-hydrogen) atoms. The van der Waals surface area contributed by atoms with E-state index in [4.69, 9.17) is 10.5 Å². The Bertz CT molecular complexity index is 457. The summed E-state index contributed by atoms with van der Waals surface area (Å²) in [7, 11) is 0. The van der Waals surface area contributed by atoms with E-state index < -0.39 is 12.0 Å². The van der Waals surface area contributed by atoms with Crippen LogP contribution in [0.2, 0.25) is 0 Å². The van der Waals surface area contributed by atoms with E-state index in [1.54, 1.807) is 31.2 Å². The summed E-state index contributed by atoms with van der Waals surface area (Å²) in [5, 5.41) is 0. The highest BCUT2D eigenvalue weighted by Crippen LogP contribution is 2.13. The number of carbonyl (C=O) groups excluding carboxylic acids is 2. The van der Waals surface area contributed by atoms with Crippen molar-refractivity contribution in [3.63, 3.8) is 0 Å². The third-order valence-electron chi connectivity index (χ3n) is 2.60. The highest BCUT2D eigenvalue weighted by atomic mass is 16.5. The first-order chi connectivity index (χ1) is 8.69. The van der Waals surface area contributed by atoms with Gasteiger partial charge in [0.05, 0.1) is 5.60 Å². The molecule has 104 valence electrons. The molecule has 0 saturated carbocycles. The lowest BCUT2D eigenvalue weighted by atomic mass is 10.0. The van der Waals surface area contributed by atoms with Crippen LogP contribution in [0.25, 0.3) is 0 Å². The van der Waals surface area contributed by atoms with Gasteiger partial charge in [0.1, 0.15) is 6.10 Å². The summed E-state index contributed by atoms with van der Waals surface area (Å²) in [6.45, 7) is 7.50. The molecule has 0 aliphatic rings.